The van der Waals surface area contributed by atoms with Crippen molar-refractivity contribution in [2.24, 2.45) is 0 Å². The Morgan fingerprint density at radius 3 is 2.23 bits per heavy atom. The number of methoxy groups -OCH3 is 1. The first-order valence-corrected chi connectivity index (χ1v) is 8.67. The molecule has 26 heavy (non-hydrogen) atoms. The fraction of sp³-hybridized carbons (Fsp3) is 0.350. The zero-order valence-electron chi connectivity index (χ0n) is 15.0. The number of benzene rings is 2. The number of halogens is 1. The first kappa shape index (κ1) is 18.0. The molecule has 6 heteroatoms. The molecule has 2 aromatic carbocycles. The smallest absolute Gasteiger partial charge is 0.263 e. The summed E-state index contributed by atoms with van der Waals surface area (Å²) in [5, 5.41) is 0. The number of piperazine rings is 1. The van der Waals surface area contributed by atoms with Gasteiger partial charge in [-0.3, -0.25) is 4.79 Å². The Kier molecular flexibility index (Phi) is 5.61. The molecule has 1 aliphatic heterocycles. The van der Waals surface area contributed by atoms with Crippen LogP contribution in [-0.2, 0) is 4.79 Å². The molecule has 0 bridgehead atoms. The maximum atomic E-state index is 13.0. The zero-order valence-corrected chi connectivity index (χ0v) is 15.0. The van der Waals surface area contributed by atoms with E-state index in [0.29, 0.717) is 37.7 Å². The van der Waals surface area contributed by atoms with Crippen LogP contribution in [0.2, 0.25) is 0 Å². The van der Waals surface area contributed by atoms with Crippen LogP contribution in [0.15, 0.2) is 48.5 Å². The fourth-order valence-corrected chi connectivity index (χ4v) is 3.05. The minimum atomic E-state index is -0.594. The van der Waals surface area contributed by atoms with Gasteiger partial charge in [-0.25, -0.2) is 4.39 Å². The molecule has 0 radical (unpaired) electrons. The minimum absolute atomic E-state index is 0.0466. The van der Waals surface area contributed by atoms with Crippen LogP contribution in [0.5, 0.6) is 11.5 Å². The summed E-state index contributed by atoms with van der Waals surface area (Å²) in [4.78, 5) is 16.6. The summed E-state index contributed by atoms with van der Waals surface area (Å²) in [6.07, 6.45) is -0.594. The number of carbonyl (C=O) groups is 1. The molecule has 2 aromatic rings. The van der Waals surface area contributed by atoms with Crippen molar-refractivity contribution in [3.8, 4) is 11.5 Å². The standard InChI is InChI=1S/C20H23FN2O3/c1-15(26-19-6-4-3-5-18(19)25-2)20(24)23-13-11-22(12-14-23)17-9-7-16(21)8-10-17/h3-10,15H,11-14H2,1-2H3/t15-/m1/s1. The average molecular weight is 358 g/mol. The molecule has 1 atom stereocenters. The van der Waals surface area contributed by atoms with Gasteiger partial charge in [-0.2, -0.15) is 0 Å². The highest BCUT2D eigenvalue weighted by molar-refractivity contribution is 5.81. The van der Waals surface area contributed by atoms with Gasteiger partial charge < -0.3 is 19.3 Å². The average Bonchev–Trinajstić information content (AvgIpc) is 2.68. The largest absolute Gasteiger partial charge is 0.493 e. The number of rotatable bonds is 5. The Bertz CT molecular complexity index is 743. The van der Waals surface area contributed by atoms with Crippen molar-refractivity contribution in [3.63, 3.8) is 0 Å². The Morgan fingerprint density at radius 2 is 1.62 bits per heavy atom. The number of hydrogen-bond donors (Lipinski definition) is 0. The van der Waals surface area contributed by atoms with E-state index >= 15 is 0 Å². The minimum Gasteiger partial charge on any atom is -0.493 e. The van der Waals surface area contributed by atoms with Gasteiger partial charge in [-0.15, -0.1) is 0 Å². The lowest BCUT2D eigenvalue weighted by molar-refractivity contribution is -0.138. The second kappa shape index (κ2) is 8.08. The maximum Gasteiger partial charge on any atom is 0.263 e. The predicted molar refractivity (Wildman–Crippen MR) is 98.3 cm³/mol. The lowest BCUT2D eigenvalue weighted by atomic mass is 10.2. The van der Waals surface area contributed by atoms with Gasteiger partial charge in [0.2, 0.25) is 0 Å². The van der Waals surface area contributed by atoms with E-state index in [-0.39, 0.29) is 11.7 Å². The SMILES string of the molecule is COc1ccccc1O[C@H](C)C(=O)N1CCN(c2ccc(F)cc2)CC1. The van der Waals surface area contributed by atoms with Gasteiger partial charge in [0.05, 0.1) is 7.11 Å². The van der Waals surface area contributed by atoms with Crippen molar-refractivity contribution >= 4 is 11.6 Å². The molecule has 0 spiro atoms. The van der Waals surface area contributed by atoms with Gasteiger partial charge >= 0.3 is 0 Å². The normalized spacial score (nSPS) is 15.5. The topological polar surface area (TPSA) is 42.0 Å². The first-order valence-electron chi connectivity index (χ1n) is 8.67. The van der Waals surface area contributed by atoms with Gasteiger partial charge in [-0.05, 0) is 43.3 Å². The summed E-state index contributed by atoms with van der Waals surface area (Å²) in [5.41, 5.74) is 0.969. The molecule has 3 rings (SSSR count). The fourth-order valence-electron chi connectivity index (χ4n) is 3.05. The van der Waals surface area contributed by atoms with E-state index < -0.39 is 6.10 Å². The number of nitrogens with zero attached hydrogens (tertiary/aromatic N) is 2. The number of amides is 1. The van der Waals surface area contributed by atoms with E-state index in [1.165, 1.54) is 12.1 Å². The summed E-state index contributed by atoms with van der Waals surface area (Å²) < 4.78 is 24.1. The third-order valence-electron chi connectivity index (χ3n) is 4.50. The highest BCUT2D eigenvalue weighted by atomic mass is 19.1. The number of ether oxygens (including phenoxy) is 2. The second-order valence-electron chi connectivity index (χ2n) is 6.20. The Hall–Kier alpha value is -2.76. The van der Waals surface area contributed by atoms with E-state index in [9.17, 15) is 9.18 Å². The number of carbonyl (C=O) groups excluding carboxylic acids is 1. The third-order valence-corrected chi connectivity index (χ3v) is 4.50. The number of hydrogen-bond acceptors (Lipinski definition) is 4. The molecule has 0 N–H and O–H groups in total. The molecular formula is C20H23FN2O3. The first-order chi connectivity index (χ1) is 12.6. The summed E-state index contributed by atoms with van der Waals surface area (Å²) in [6.45, 7) is 4.38. The molecule has 0 unspecified atom stereocenters. The van der Waals surface area contributed by atoms with Gasteiger partial charge in [0.1, 0.15) is 5.82 Å². The van der Waals surface area contributed by atoms with Gasteiger partial charge in [-0.1, -0.05) is 12.1 Å². The lowest BCUT2D eigenvalue weighted by Gasteiger charge is -2.37. The highest BCUT2D eigenvalue weighted by Crippen LogP contribution is 2.27. The van der Waals surface area contributed by atoms with E-state index in [1.807, 2.05) is 12.1 Å². The van der Waals surface area contributed by atoms with E-state index in [2.05, 4.69) is 4.90 Å². The molecule has 0 saturated carbocycles. The number of anilines is 1. The third kappa shape index (κ3) is 4.07. The van der Waals surface area contributed by atoms with Crippen LogP contribution in [0.1, 0.15) is 6.92 Å². The van der Waals surface area contributed by atoms with Crippen molar-refractivity contribution in [1.82, 2.24) is 4.90 Å². The molecule has 1 saturated heterocycles. The molecule has 1 aliphatic rings. The Balaban J connectivity index is 1.56. The van der Waals surface area contributed by atoms with Crippen LogP contribution >= 0.6 is 0 Å². The summed E-state index contributed by atoms with van der Waals surface area (Å²) >= 11 is 0. The van der Waals surface area contributed by atoms with Crippen molar-refractivity contribution < 1.29 is 18.7 Å². The summed E-state index contributed by atoms with van der Waals surface area (Å²) in [6, 6.07) is 13.7. The summed E-state index contributed by atoms with van der Waals surface area (Å²) in [7, 11) is 1.57. The molecule has 0 aliphatic carbocycles. The van der Waals surface area contributed by atoms with Crippen LogP contribution in [0.3, 0.4) is 0 Å². The molecule has 1 amide bonds. The van der Waals surface area contributed by atoms with Crippen molar-refractivity contribution in [3.05, 3.63) is 54.3 Å². The molecule has 1 fully saturated rings. The van der Waals surface area contributed by atoms with Crippen LogP contribution < -0.4 is 14.4 Å². The highest BCUT2D eigenvalue weighted by Gasteiger charge is 2.26. The second-order valence-corrected chi connectivity index (χ2v) is 6.20. The molecule has 1 heterocycles. The van der Waals surface area contributed by atoms with Crippen LogP contribution in [-0.4, -0.2) is 50.2 Å². The monoisotopic (exact) mass is 358 g/mol. The van der Waals surface area contributed by atoms with Crippen molar-refractivity contribution in [2.75, 3.05) is 38.2 Å². The zero-order chi connectivity index (χ0) is 18.5. The van der Waals surface area contributed by atoms with Gasteiger partial charge in [0.15, 0.2) is 17.6 Å². The Morgan fingerprint density at radius 1 is 1.00 bits per heavy atom. The van der Waals surface area contributed by atoms with E-state index in [1.54, 1.807) is 43.2 Å². The van der Waals surface area contributed by atoms with Crippen molar-refractivity contribution in [1.29, 1.82) is 0 Å². The quantitative estimate of drug-likeness (QED) is 0.824. The maximum absolute atomic E-state index is 13.0. The lowest BCUT2D eigenvalue weighted by Crippen LogP contribution is -2.52. The van der Waals surface area contributed by atoms with Gasteiger partial charge in [0, 0.05) is 31.9 Å². The summed E-state index contributed by atoms with van der Waals surface area (Å²) in [5.74, 6) is 0.869. The van der Waals surface area contributed by atoms with Crippen LogP contribution in [0.4, 0.5) is 10.1 Å². The van der Waals surface area contributed by atoms with Gasteiger partial charge in [0.25, 0.3) is 5.91 Å². The van der Waals surface area contributed by atoms with Crippen molar-refractivity contribution in [2.45, 2.75) is 13.0 Å². The van der Waals surface area contributed by atoms with Crippen LogP contribution in [0, 0.1) is 5.82 Å². The Labute approximate surface area is 152 Å². The predicted octanol–water partition coefficient (Wildman–Crippen LogP) is 2.95. The van der Waals surface area contributed by atoms with E-state index in [4.69, 9.17) is 9.47 Å². The van der Waals surface area contributed by atoms with E-state index in [0.717, 1.165) is 5.69 Å². The molecular weight excluding hydrogens is 335 g/mol. The molecule has 0 aromatic heterocycles. The molecule has 5 nitrogen and oxygen atoms in total. The number of para-hydroxylation sites is 2. The molecule has 138 valence electrons. The van der Waals surface area contributed by atoms with Crippen LogP contribution in [0.25, 0.3) is 0 Å².